The van der Waals surface area contributed by atoms with E-state index in [9.17, 15) is 14.4 Å². The van der Waals surface area contributed by atoms with Gasteiger partial charge in [0.1, 0.15) is 6.04 Å². The molecule has 3 aromatic carbocycles. The van der Waals surface area contributed by atoms with Crippen molar-refractivity contribution < 1.29 is 14.4 Å². The SMILES string of the molecule is O=C1CCC(N2Cc3cc(SC4CC5CN(Cc6ccccc6-c6ccc(Cl)cc6)CC5C4)ccc3C2=O)C(=O)N1. The van der Waals surface area contributed by atoms with Gasteiger partial charge in [-0.25, -0.2) is 0 Å². The molecule has 3 unspecified atom stereocenters. The van der Waals surface area contributed by atoms with Crippen LogP contribution in [-0.2, 0) is 22.7 Å². The molecular weight excluding hydrogens is 554 g/mol. The summed E-state index contributed by atoms with van der Waals surface area (Å²) in [4.78, 5) is 42.4. The molecule has 3 aromatic rings. The van der Waals surface area contributed by atoms with E-state index in [1.54, 1.807) is 4.90 Å². The van der Waals surface area contributed by atoms with Crippen LogP contribution in [0.5, 0.6) is 0 Å². The fourth-order valence-corrected chi connectivity index (χ4v) is 8.75. The predicted molar refractivity (Wildman–Crippen MR) is 161 cm³/mol. The van der Waals surface area contributed by atoms with Gasteiger partial charge < -0.3 is 4.90 Å². The molecule has 210 valence electrons. The van der Waals surface area contributed by atoms with Crippen molar-refractivity contribution in [1.82, 2.24) is 15.1 Å². The molecule has 0 aromatic heterocycles. The van der Waals surface area contributed by atoms with E-state index in [-0.39, 0.29) is 24.1 Å². The van der Waals surface area contributed by atoms with E-state index < -0.39 is 6.04 Å². The highest BCUT2D eigenvalue weighted by molar-refractivity contribution is 8.00. The molecule has 0 bridgehead atoms. The number of hydrogen-bond acceptors (Lipinski definition) is 5. The zero-order chi connectivity index (χ0) is 28.1. The maximum atomic E-state index is 13.0. The molecular formula is C33H32ClN3O3S. The second kappa shape index (κ2) is 10.9. The fraction of sp³-hybridized carbons (Fsp3) is 0.364. The van der Waals surface area contributed by atoms with Gasteiger partial charge in [0, 0.05) is 53.3 Å². The first kappa shape index (κ1) is 26.7. The Hall–Kier alpha value is -3.13. The molecule has 3 aliphatic heterocycles. The Kier molecular flexibility index (Phi) is 7.13. The molecule has 41 heavy (non-hydrogen) atoms. The lowest BCUT2D eigenvalue weighted by molar-refractivity contribution is -0.136. The first-order chi connectivity index (χ1) is 19.9. The molecule has 3 atom stereocenters. The van der Waals surface area contributed by atoms with E-state index in [1.165, 1.54) is 34.4 Å². The molecule has 3 fully saturated rings. The Morgan fingerprint density at radius 2 is 1.66 bits per heavy atom. The molecule has 7 rings (SSSR count). The molecule has 1 aliphatic carbocycles. The van der Waals surface area contributed by atoms with Gasteiger partial charge in [-0.2, -0.15) is 0 Å². The van der Waals surface area contributed by atoms with E-state index in [0.29, 0.717) is 35.6 Å². The van der Waals surface area contributed by atoms with Crippen molar-refractivity contribution in [2.45, 2.75) is 55.0 Å². The lowest BCUT2D eigenvalue weighted by atomic mass is 9.99. The van der Waals surface area contributed by atoms with Gasteiger partial charge in [0.2, 0.25) is 11.8 Å². The van der Waals surface area contributed by atoms with Crippen molar-refractivity contribution in [3.05, 3.63) is 88.4 Å². The van der Waals surface area contributed by atoms with Gasteiger partial charge in [0.15, 0.2) is 0 Å². The number of benzene rings is 3. The quantitative estimate of drug-likeness (QED) is 0.372. The number of hydrogen-bond donors (Lipinski definition) is 1. The van der Waals surface area contributed by atoms with Gasteiger partial charge >= 0.3 is 0 Å². The molecule has 0 radical (unpaired) electrons. The zero-order valence-corrected chi connectivity index (χ0v) is 24.3. The van der Waals surface area contributed by atoms with Crippen LogP contribution in [0.2, 0.25) is 5.02 Å². The standard InChI is InChI=1S/C33H32ClN3O3S/c34-25-7-5-20(6-8-25)28-4-2-1-3-21(28)16-36-17-22-13-27(14-23(22)18-36)41-26-9-10-29-24(15-26)19-37(33(29)40)30-11-12-31(38)35-32(30)39/h1-10,15,22-23,27,30H,11-14,16-19H2,(H,35,38,39). The molecule has 1 N–H and O–H groups in total. The number of nitrogens with one attached hydrogen (secondary N) is 1. The summed E-state index contributed by atoms with van der Waals surface area (Å²) in [6.07, 6.45) is 3.08. The summed E-state index contributed by atoms with van der Waals surface area (Å²) >= 11 is 8.06. The van der Waals surface area contributed by atoms with E-state index in [1.807, 2.05) is 30.0 Å². The molecule has 3 amide bonds. The Labute approximate surface area is 249 Å². The third-order valence-electron chi connectivity index (χ3n) is 9.15. The van der Waals surface area contributed by atoms with Gasteiger partial charge in [-0.15, -0.1) is 11.8 Å². The summed E-state index contributed by atoms with van der Waals surface area (Å²) in [6.45, 7) is 3.66. The van der Waals surface area contributed by atoms with E-state index in [0.717, 1.165) is 30.2 Å². The van der Waals surface area contributed by atoms with E-state index in [4.69, 9.17) is 11.6 Å². The van der Waals surface area contributed by atoms with E-state index >= 15 is 0 Å². The van der Waals surface area contributed by atoms with Crippen LogP contribution in [0.15, 0.2) is 71.6 Å². The molecule has 0 spiro atoms. The number of piperidine rings is 1. The molecule has 3 heterocycles. The van der Waals surface area contributed by atoms with Gasteiger partial charge in [-0.05, 0) is 83.7 Å². The minimum absolute atomic E-state index is 0.112. The minimum Gasteiger partial charge on any atom is -0.322 e. The number of halogens is 1. The summed E-state index contributed by atoms with van der Waals surface area (Å²) in [5.74, 6) is 0.695. The van der Waals surface area contributed by atoms with Crippen molar-refractivity contribution in [3.63, 3.8) is 0 Å². The first-order valence-corrected chi connectivity index (χ1v) is 15.7. The zero-order valence-electron chi connectivity index (χ0n) is 22.7. The summed E-state index contributed by atoms with van der Waals surface area (Å²) < 4.78 is 0. The number of thioether (sulfide) groups is 1. The minimum atomic E-state index is -0.570. The molecule has 1 saturated carbocycles. The predicted octanol–water partition coefficient (Wildman–Crippen LogP) is 5.77. The number of rotatable bonds is 6. The van der Waals surface area contributed by atoms with Gasteiger partial charge in [0.05, 0.1) is 0 Å². The van der Waals surface area contributed by atoms with Crippen LogP contribution >= 0.6 is 23.4 Å². The number of fused-ring (bicyclic) bond motifs is 2. The maximum Gasteiger partial charge on any atom is 0.255 e. The average molecular weight is 586 g/mol. The second-order valence-corrected chi connectivity index (χ2v) is 13.6. The third kappa shape index (κ3) is 5.31. The van der Waals surface area contributed by atoms with Crippen LogP contribution in [0.25, 0.3) is 11.1 Å². The topological polar surface area (TPSA) is 69.7 Å². The number of amides is 3. The highest BCUT2D eigenvalue weighted by Gasteiger charge is 2.42. The number of carbonyl (C=O) groups is 3. The van der Waals surface area contributed by atoms with Gasteiger partial charge in [0.25, 0.3) is 5.91 Å². The van der Waals surface area contributed by atoms with Crippen LogP contribution < -0.4 is 5.32 Å². The number of likely N-dealkylation sites (tertiary alicyclic amines) is 1. The highest BCUT2D eigenvalue weighted by atomic mass is 35.5. The second-order valence-electron chi connectivity index (χ2n) is 11.8. The Bertz CT molecular complexity index is 1510. The summed E-state index contributed by atoms with van der Waals surface area (Å²) in [6, 6.07) is 22.3. The largest absolute Gasteiger partial charge is 0.322 e. The van der Waals surface area contributed by atoms with Crippen LogP contribution in [-0.4, -0.2) is 51.9 Å². The van der Waals surface area contributed by atoms with Crippen molar-refractivity contribution >= 4 is 41.1 Å². The van der Waals surface area contributed by atoms with Crippen LogP contribution in [0.3, 0.4) is 0 Å². The Morgan fingerprint density at radius 1 is 0.902 bits per heavy atom. The lowest BCUT2D eigenvalue weighted by Gasteiger charge is -2.29. The van der Waals surface area contributed by atoms with Gasteiger partial charge in [-0.1, -0.05) is 48.0 Å². The fourth-order valence-electron chi connectivity index (χ4n) is 7.19. The Balaban J connectivity index is 0.961. The molecule has 4 aliphatic rings. The van der Waals surface area contributed by atoms with Crippen LogP contribution in [0, 0.1) is 11.8 Å². The Morgan fingerprint density at radius 3 is 2.41 bits per heavy atom. The van der Waals surface area contributed by atoms with Crippen molar-refractivity contribution in [3.8, 4) is 11.1 Å². The number of nitrogens with zero attached hydrogens (tertiary/aromatic N) is 2. The molecule has 2 saturated heterocycles. The highest BCUT2D eigenvalue weighted by Crippen LogP contribution is 2.46. The first-order valence-electron chi connectivity index (χ1n) is 14.4. The van der Waals surface area contributed by atoms with Crippen LogP contribution in [0.4, 0.5) is 0 Å². The van der Waals surface area contributed by atoms with Crippen molar-refractivity contribution in [2.24, 2.45) is 11.8 Å². The van der Waals surface area contributed by atoms with E-state index in [2.05, 4.69) is 58.7 Å². The number of imide groups is 1. The summed E-state index contributed by atoms with van der Waals surface area (Å²) in [7, 11) is 0. The monoisotopic (exact) mass is 585 g/mol. The average Bonchev–Trinajstić information content (AvgIpc) is 3.60. The third-order valence-corrected chi connectivity index (χ3v) is 10.6. The van der Waals surface area contributed by atoms with Crippen LogP contribution in [0.1, 0.15) is 47.2 Å². The van der Waals surface area contributed by atoms with Crippen molar-refractivity contribution in [2.75, 3.05) is 13.1 Å². The van der Waals surface area contributed by atoms with Crippen molar-refractivity contribution in [1.29, 1.82) is 0 Å². The normalized spacial score (nSPS) is 25.9. The molecule has 8 heteroatoms. The summed E-state index contributed by atoms with van der Waals surface area (Å²) in [5, 5.41) is 3.71. The smallest absolute Gasteiger partial charge is 0.255 e. The number of carbonyl (C=O) groups excluding carboxylic acids is 3. The lowest BCUT2D eigenvalue weighted by Crippen LogP contribution is -2.52. The molecule has 6 nitrogen and oxygen atoms in total. The maximum absolute atomic E-state index is 13.0. The summed E-state index contributed by atoms with van der Waals surface area (Å²) in [5.41, 5.74) is 5.50. The van der Waals surface area contributed by atoms with Gasteiger partial charge in [-0.3, -0.25) is 24.6 Å².